The van der Waals surface area contributed by atoms with Gasteiger partial charge in [0, 0.05) is 18.4 Å². The molecule has 1 fully saturated rings. The average Bonchev–Trinajstić information content (AvgIpc) is 3.40. The Morgan fingerprint density at radius 2 is 2.10 bits per heavy atom. The Bertz CT molecular complexity index is 1100. The Morgan fingerprint density at radius 3 is 2.84 bits per heavy atom. The van der Waals surface area contributed by atoms with E-state index in [0.29, 0.717) is 22.8 Å². The largest absolute Gasteiger partial charge is 0.394 e. The van der Waals surface area contributed by atoms with E-state index in [4.69, 9.17) is 11.6 Å². The summed E-state index contributed by atoms with van der Waals surface area (Å²) in [6.45, 7) is 0.398. The standard InChI is InChI=1S/C22H22ClFN4O3/c23-20-10-14-9-17(26-19(14)11-25-20)21(30)27-18(8-13-3-5-15(24)6-4-13)22(31)28-7-1-2-16(28)12-29/h3-6,9-11,16,18,26,29H,1-2,7-8,12H2,(H,27,30)/t16-,18-/m0/s1. The van der Waals surface area contributed by atoms with Crippen molar-refractivity contribution in [3.05, 3.63) is 64.8 Å². The molecule has 2 aromatic heterocycles. The molecule has 31 heavy (non-hydrogen) atoms. The number of nitrogens with one attached hydrogen (secondary N) is 2. The molecule has 0 radical (unpaired) electrons. The lowest BCUT2D eigenvalue weighted by Crippen LogP contribution is -2.51. The number of carbonyl (C=O) groups is 2. The summed E-state index contributed by atoms with van der Waals surface area (Å²) in [4.78, 5) is 34.8. The highest BCUT2D eigenvalue weighted by atomic mass is 35.5. The van der Waals surface area contributed by atoms with Crippen LogP contribution in [0.1, 0.15) is 28.9 Å². The summed E-state index contributed by atoms with van der Waals surface area (Å²) < 4.78 is 13.3. The highest BCUT2D eigenvalue weighted by Gasteiger charge is 2.34. The van der Waals surface area contributed by atoms with Crippen LogP contribution in [-0.4, -0.2) is 57.0 Å². The number of aromatic amines is 1. The molecule has 7 nitrogen and oxygen atoms in total. The summed E-state index contributed by atoms with van der Waals surface area (Å²) in [5, 5.41) is 13.4. The van der Waals surface area contributed by atoms with Gasteiger partial charge in [0.1, 0.15) is 22.7 Å². The van der Waals surface area contributed by atoms with E-state index in [1.165, 1.54) is 18.3 Å². The fourth-order valence-electron chi connectivity index (χ4n) is 3.94. The number of amides is 2. The van der Waals surface area contributed by atoms with Gasteiger partial charge < -0.3 is 20.3 Å². The number of H-pyrrole nitrogens is 1. The second-order valence-electron chi connectivity index (χ2n) is 7.64. The number of hydrogen-bond donors (Lipinski definition) is 3. The minimum Gasteiger partial charge on any atom is -0.394 e. The number of aliphatic hydroxyl groups is 1. The van der Waals surface area contributed by atoms with Crippen molar-refractivity contribution in [2.24, 2.45) is 0 Å². The number of hydrogen-bond acceptors (Lipinski definition) is 4. The van der Waals surface area contributed by atoms with Crippen LogP contribution in [0.4, 0.5) is 4.39 Å². The third kappa shape index (κ3) is 4.70. The number of carbonyl (C=O) groups excluding carboxylic acids is 2. The van der Waals surface area contributed by atoms with Crippen LogP contribution in [0, 0.1) is 5.82 Å². The Hall–Kier alpha value is -2.97. The number of halogens is 2. The smallest absolute Gasteiger partial charge is 0.268 e. The van der Waals surface area contributed by atoms with Crippen molar-refractivity contribution >= 4 is 34.3 Å². The zero-order chi connectivity index (χ0) is 22.0. The lowest BCUT2D eigenvalue weighted by Gasteiger charge is -2.28. The molecule has 0 spiro atoms. The van der Waals surface area contributed by atoms with Crippen molar-refractivity contribution in [2.75, 3.05) is 13.2 Å². The molecule has 1 saturated heterocycles. The first-order chi connectivity index (χ1) is 14.9. The minimum absolute atomic E-state index is 0.126. The van der Waals surface area contributed by atoms with E-state index < -0.39 is 11.9 Å². The summed E-state index contributed by atoms with van der Waals surface area (Å²) in [6, 6.07) is 7.97. The third-order valence-corrected chi connectivity index (χ3v) is 5.75. The quantitative estimate of drug-likeness (QED) is 0.509. The average molecular weight is 445 g/mol. The summed E-state index contributed by atoms with van der Waals surface area (Å²) in [5.41, 5.74) is 1.64. The minimum atomic E-state index is -0.863. The van der Waals surface area contributed by atoms with Crippen LogP contribution >= 0.6 is 11.6 Å². The van der Waals surface area contributed by atoms with Crippen LogP contribution in [0.3, 0.4) is 0 Å². The monoisotopic (exact) mass is 444 g/mol. The van der Waals surface area contributed by atoms with Crippen molar-refractivity contribution in [3.63, 3.8) is 0 Å². The van der Waals surface area contributed by atoms with Gasteiger partial charge in [-0.3, -0.25) is 9.59 Å². The first kappa shape index (κ1) is 21.3. The van der Waals surface area contributed by atoms with Gasteiger partial charge in [0.25, 0.3) is 5.91 Å². The van der Waals surface area contributed by atoms with Gasteiger partial charge >= 0.3 is 0 Å². The highest BCUT2D eigenvalue weighted by molar-refractivity contribution is 6.30. The van der Waals surface area contributed by atoms with Crippen molar-refractivity contribution < 1.29 is 19.1 Å². The molecule has 9 heteroatoms. The van der Waals surface area contributed by atoms with Gasteiger partial charge in [-0.1, -0.05) is 23.7 Å². The zero-order valence-electron chi connectivity index (χ0n) is 16.6. The van der Waals surface area contributed by atoms with Gasteiger partial charge in [-0.25, -0.2) is 9.37 Å². The zero-order valence-corrected chi connectivity index (χ0v) is 17.4. The summed E-state index contributed by atoms with van der Waals surface area (Å²) in [6.07, 6.45) is 3.25. The number of rotatable bonds is 6. The Labute approximate surface area is 183 Å². The van der Waals surface area contributed by atoms with E-state index >= 15 is 0 Å². The second-order valence-corrected chi connectivity index (χ2v) is 8.03. The van der Waals surface area contributed by atoms with E-state index in [1.54, 1.807) is 29.2 Å². The van der Waals surface area contributed by atoms with E-state index in [9.17, 15) is 19.1 Å². The molecule has 3 N–H and O–H groups in total. The number of nitrogens with zero attached hydrogens (tertiary/aromatic N) is 2. The second kappa shape index (κ2) is 9.03. The lowest BCUT2D eigenvalue weighted by molar-refractivity contribution is -0.134. The molecule has 0 aliphatic carbocycles. The maximum Gasteiger partial charge on any atom is 0.268 e. The van der Waals surface area contributed by atoms with Gasteiger partial charge in [0.05, 0.1) is 24.4 Å². The van der Waals surface area contributed by atoms with Gasteiger partial charge in [0.2, 0.25) is 5.91 Å². The molecule has 0 bridgehead atoms. The van der Waals surface area contributed by atoms with E-state index in [2.05, 4.69) is 15.3 Å². The first-order valence-electron chi connectivity index (χ1n) is 10.1. The fraction of sp³-hybridized carbons (Fsp3) is 0.318. The summed E-state index contributed by atoms with van der Waals surface area (Å²) in [7, 11) is 0. The SMILES string of the molecule is O=C(N[C@@H](Cc1ccc(F)cc1)C(=O)N1CCC[C@H]1CO)c1cc2cc(Cl)ncc2[nH]1. The van der Waals surface area contributed by atoms with Crippen LogP contribution < -0.4 is 5.32 Å². The van der Waals surface area contributed by atoms with Gasteiger partial charge in [-0.15, -0.1) is 0 Å². The van der Waals surface area contributed by atoms with Crippen molar-refractivity contribution in [1.82, 2.24) is 20.2 Å². The van der Waals surface area contributed by atoms with E-state index in [0.717, 1.165) is 18.2 Å². The number of pyridine rings is 1. The number of likely N-dealkylation sites (tertiary alicyclic amines) is 1. The predicted octanol–water partition coefficient (Wildman–Crippen LogP) is 2.68. The molecule has 4 rings (SSSR count). The van der Waals surface area contributed by atoms with Crippen molar-refractivity contribution in [2.45, 2.75) is 31.3 Å². The number of aromatic nitrogens is 2. The van der Waals surface area contributed by atoms with Crippen LogP contribution in [0.5, 0.6) is 0 Å². The molecule has 3 heterocycles. The topological polar surface area (TPSA) is 98.3 Å². The number of aliphatic hydroxyl groups excluding tert-OH is 1. The molecular formula is C22H22ClFN4O3. The molecule has 0 saturated carbocycles. The maximum atomic E-state index is 13.3. The Kier molecular flexibility index (Phi) is 6.20. The molecule has 2 atom stereocenters. The van der Waals surface area contributed by atoms with E-state index in [-0.39, 0.29) is 36.5 Å². The maximum absolute atomic E-state index is 13.3. The summed E-state index contributed by atoms with van der Waals surface area (Å²) in [5.74, 6) is -1.09. The molecule has 1 aromatic carbocycles. The van der Waals surface area contributed by atoms with Crippen LogP contribution in [0.15, 0.2) is 42.6 Å². The number of fused-ring (bicyclic) bond motifs is 1. The summed E-state index contributed by atoms with van der Waals surface area (Å²) >= 11 is 5.91. The van der Waals surface area contributed by atoms with Crippen LogP contribution in [0.25, 0.3) is 10.9 Å². The van der Waals surface area contributed by atoms with Crippen LogP contribution in [0.2, 0.25) is 5.15 Å². The predicted molar refractivity (Wildman–Crippen MR) is 114 cm³/mol. The molecule has 162 valence electrons. The van der Waals surface area contributed by atoms with Gasteiger partial charge in [0.15, 0.2) is 0 Å². The molecular weight excluding hydrogens is 423 g/mol. The third-order valence-electron chi connectivity index (χ3n) is 5.54. The molecule has 1 aliphatic rings. The molecule has 3 aromatic rings. The lowest BCUT2D eigenvalue weighted by atomic mass is 10.0. The van der Waals surface area contributed by atoms with Crippen LogP contribution in [-0.2, 0) is 11.2 Å². The van der Waals surface area contributed by atoms with Crippen molar-refractivity contribution in [3.8, 4) is 0 Å². The highest BCUT2D eigenvalue weighted by Crippen LogP contribution is 2.21. The fourth-order valence-corrected chi connectivity index (χ4v) is 4.10. The normalized spacial score (nSPS) is 17.1. The van der Waals surface area contributed by atoms with E-state index in [1.807, 2.05) is 0 Å². The number of benzene rings is 1. The van der Waals surface area contributed by atoms with Gasteiger partial charge in [-0.2, -0.15) is 0 Å². The molecule has 2 amide bonds. The Balaban J connectivity index is 1.58. The van der Waals surface area contributed by atoms with Crippen molar-refractivity contribution in [1.29, 1.82) is 0 Å². The molecule has 0 unspecified atom stereocenters. The Morgan fingerprint density at radius 1 is 1.32 bits per heavy atom. The van der Waals surface area contributed by atoms with Gasteiger partial charge in [-0.05, 0) is 42.7 Å². The molecule has 1 aliphatic heterocycles. The first-order valence-corrected chi connectivity index (χ1v) is 10.4.